The van der Waals surface area contributed by atoms with Crippen molar-refractivity contribution in [3.63, 3.8) is 0 Å². The van der Waals surface area contributed by atoms with E-state index in [1.165, 1.54) is 10.9 Å². The van der Waals surface area contributed by atoms with Gasteiger partial charge in [0.05, 0.1) is 32.2 Å². The fraction of sp³-hybridized carbons (Fsp3) is 0.615. The van der Waals surface area contributed by atoms with E-state index in [4.69, 9.17) is 9.84 Å². The van der Waals surface area contributed by atoms with Crippen LogP contribution in [-0.4, -0.2) is 82.8 Å². The highest BCUT2D eigenvalue weighted by atomic mass is 16.6. The van der Waals surface area contributed by atoms with Crippen LogP contribution >= 0.6 is 0 Å². The second-order valence-electron chi connectivity index (χ2n) is 5.53. The molecule has 3 heterocycles. The summed E-state index contributed by atoms with van der Waals surface area (Å²) in [6.07, 6.45) is -2.25. The van der Waals surface area contributed by atoms with Crippen LogP contribution in [0.4, 0.5) is 0 Å². The molecular weight excluding hydrogens is 324 g/mol. The maximum Gasteiger partial charge on any atom is 0.281 e. The van der Waals surface area contributed by atoms with Gasteiger partial charge in [0.25, 0.3) is 5.56 Å². The van der Waals surface area contributed by atoms with Gasteiger partial charge < -0.3 is 30.3 Å². The molecule has 2 aromatic rings. The van der Waals surface area contributed by atoms with Gasteiger partial charge >= 0.3 is 0 Å². The van der Waals surface area contributed by atoms with E-state index < -0.39 is 56.0 Å². The third-order valence-corrected chi connectivity index (χ3v) is 4.12. The lowest BCUT2D eigenvalue weighted by molar-refractivity contribution is -0.0511. The lowest BCUT2D eigenvalue weighted by atomic mass is 10.1. The van der Waals surface area contributed by atoms with Gasteiger partial charge in [-0.1, -0.05) is 0 Å². The standard InChI is InChI=1S/C13H18N4O7/c18-1-6(2-19)16-5-15-11-8(12(16)23)14-4-17(11)13-10(22)9(21)7(3-20)24-13/h4-7,9-10,13,18-22H,1-3H2/t7-,9-,10-,13-/m1/s1. The predicted octanol–water partition coefficient (Wildman–Crippen LogP) is -3.27. The van der Waals surface area contributed by atoms with E-state index in [9.17, 15) is 25.2 Å². The molecule has 1 aliphatic rings. The highest BCUT2D eigenvalue weighted by Crippen LogP contribution is 2.30. The van der Waals surface area contributed by atoms with Crippen molar-refractivity contribution in [1.29, 1.82) is 0 Å². The van der Waals surface area contributed by atoms with E-state index in [2.05, 4.69) is 9.97 Å². The maximum atomic E-state index is 12.4. The van der Waals surface area contributed by atoms with Crippen LogP contribution in [0.25, 0.3) is 11.2 Å². The molecule has 132 valence electrons. The van der Waals surface area contributed by atoms with Gasteiger partial charge in [-0.05, 0) is 0 Å². The van der Waals surface area contributed by atoms with Crippen LogP contribution in [0.2, 0.25) is 0 Å². The summed E-state index contributed by atoms with van der Waals surface area (Å²) in [7, 11) is 0. The lowest BCUT2D eigenvalue weighted by Crippen LogP contribution is -2.33. The number of nitrogens with zero attached hydrogens (tertiary/aromatic N) is 4. The number of fused-ring (bicyclic) bond motifs is 1. The highest BCUT2D eigenvalue weighted by Gasteiger charge is 2.44. The quantitative estimate of drug-likeness (QED) is 0.375. The summed E-state index contributed by atoms with van der Waals surface area (Å²) in [6, 6.07) is -0.839. The van der Waals surface area contributed by atoms with Crippen molar-refractivity contribution >= 4 is 11.2 Å². The first kappa shape index (κ1) is 17.0. The summed E-state index contributed by atoms with van der Waals surface area (Å²) < 4.78 is 7.75. The average Bonchev–Trinajstić information content (AvgIpc) is 3.13. The first-order valence-corrected chi connectivity index (χ1v) is 7.31. The molecule has 1 aliphatic heterocycles. The van der Waals surface area contributed by atoms with Crippen molar-refractivity contribution in [1.82, 2.24) is 19.1 Å². The number of imidazole rings is 1. The van der Waals surface area contributed by atoms with Gasteiger partial charge in [-0.3, -0.25) is 13.9 Å². The van der Waals surface area contributed by atoms with E-state index in [0.29, 0.717) is 0 Å². The molecule has 0 amide bonds. The number of ether oxygens (including phenoxy) is 1. The molecule has 1 saturated heterocycles. The molecule has 1 fully saturated rings. The Labute approximate surface area is 135 Å². The Morgan fingerprint density at radius 3 is 2.42 bits per heavy atom. The summed E-state index contributed by atoms with van der Waals surface area (Å²) in [4.78, 5) is 20.4. The Balaban J connectivity index is 2.04. The average molecular weight is 342 g/mol. The molecule has 5 N–H and O–H groups in total. The van der Waals surface area contributed by atoms with Crippen molar-refractivity contribution in [2.45, 2.75) is 30.6 Å². The molecule has 0 aliphatic carbocycles. The van der Waals surface area contributed by atoms with Gasteiger partial charge in [0.1, 0.15) is 24.6 Å². The van der Waals surface area contributed by atoms with Crippen LogP contribution in [0.3, 0.4) is 0 Å². The summed E-state index contributed by atoms with van der Waals surface area (Å²) >= 11 is 0. The van der Waals surface area contributed by atoms with Gasteiger partial charge in [-0.2, -0.15) is 0 Å². The topological polar surface area (TPSA) is 163 Å². The minimum atomic E-state index is -1.33. The van der Waals surface area contributed by atoms with Crippen molar-refractivity contribution in [2.24, 2.45) is 0 Å². The maximum absolute atomic E-state index is 12.4. The minimum absolute atomic E-state index is 0.0397. The number of aromatic nitrogens is 4. The zero-order valence-corrected chi connectivity index (χ0v) is 12.5. The summed E-state index contributed by atoms with van der Waals surface area (Å²) in [6.45, 7) is -1.37. The van der Waals surface area contributed by atoms with E-state index in [-0.39, 0.29) is 11.2 Å². The normalized spacial score (nSPS) is 27.4. The number of rotatable bonds is 5. The molecular formula is C13H18N4O7. The van der Waals surface area contributed by atoms with E-state index in [1.54, 1.807) is 0 Å². The van der Waals surface area contributed by atoms with Crippen molar-refractivity contribution in [3.8, 4) is 0 Å². The molecule has 11 heteroatoms. The van der Waals surface area contributed by atoms with Gasteiger partial charge in [-0.25, -0.2) is 9.97 Å². The largest absolute Gasteiger partial charge is 0.394 e. The third-order valence-electron chi connectivity index (χ3n) is 4.12. The second kappa shape index (κ2) is 6.55. The molecule has 11 nitrogen and oxygen atoms in total. The van der Waals surface area contributed by atoms with Crippen LogP contribution < -0.4 is 5.56 Å². The van der Waals surface area contributed by atoms with Crippen LogP contribution in [0, 0.1) is 0 Å². The van der Waals surface area contributed by atoms with E-state index >= 15 is 0 Å². The Kier molecular flexibility index (Phi) is 4.62. The second-order valence-corrected chi connectivity index (χ2v) is 5.53. The number of aliphatic hydroxyl groups excluding tert-OH is 5. The highest BCUT2D eigenvalue weighted by molar-refractivity contribution is 5.69. The SMILES string of the molecule is O=c1c2ncn([C@@H]3O[C@H](CO)[C@@H](O)[C@H]3O)c2ncn1C(CO)CO. The summed E-state index contributed by atoms with van der Waals surface area (Å²) in [5, 5.41) is 47.4. The lowest BCUT2D eigenvalue weighted by Gasteiger charge is -2.17. The molecule has 0 aromatic carbocycles. The third kappa shape index (κ3) is 2.51. The molecule has 3 rings (SSSR count). The molecule has 0 saturated carbocycles. The Morgan fingerprint density at radius 1 is 1.12 bits per heavy atom. The summed E-state index contributed by atoms with van der Waals surface area (Å²) in [5.74, 6) is 0. The zero-order valence-electron chi connectivity index (χ0n) is 12.5. The Bertz CT molecular complexity index is 771. The summed E-state index contributed by atoms with van der Waals surface area (Å²) in [5.41, 5.74) is -0.499. The van der Waals surface area contributed by atoms with Gasteiger partial charge in [0.2, 0.25) is 0 Å². The zero-order chi connectivity index (χ0) is 17.4. The van der Waals surface area contributed by atoms with Gasteiger partial charge in [0.15, 0.2) is 17.4 Å². The Hall–Kier alpha value is -1.89. The number of hydrogen-bond acceptors (Lipinski definition) is 9. The molecule has 24 heavy (non-hydrogen) atoms. The van der Waals surface area contributed by atoms with Gasteiger partial charge in [0, 0.05) is 0 Å². The first-order chi connectivity index (χ1) is 11.5. The van der Waals surface area contributed by atoms with Crippen LogP contribution in [0.1, 0.15) is 12.3 Å². The number of hydrogen-bond donors (Lipinski definition) is 5. The molecule has 0 bridgehead atoms. The van der Waals surface area contributed by atoms with Crippen LogP contribution in [0.15, 0.2) is 17.4 Å². The molecule has 0 radical (unpaired) electrons. The van der Waals surface area contributed by atoms with Crippen molar-refractivity contribution in [3.05, 3.63) is 23.0 Å². The first-order valence-electron chi connectivity index (χ1n) is 7.31. The van der Waals surface area contributed by atoms with Crippen LogP contribution in [-0.2, 0) is 4.74 Å². The molecule has 0 unspecified atom stereocenters. The predicted molar refractivity (Wildman–Crippen MR) is 78.0 cm³/mol. The van der Waals surface area contributed by atoms with E-state index in [1.807, 2.05) is 0 Å². The molecule has 0 spiro atoms. The minimum Gasteiger partial charge on any atom is -0.394 e. The van der Waals surface area contributed by atoms with Crippen LogP contribution in [0.5, 0.6) is 0 Å². The fourth-order valence-electron chi connectivity index (χ4n) is 2.71. The van der Waals surface area contributed by atoms with Crippen molar-refractivity contribution < 1.29 is 30.3 Å². The van der Waals surface area contributed by atoms with Crippen molar-refractivity contribution in [2.75, 3.05) is 19.8 Å². The Morgan fingerprint density at radius 2 is 1.83 bits per heavy atom. The molecule has 2 aromatic heterocycles. The molecule has 4 atom stereocenters. The smallest absolute Gasteiger partial charge is 0.281 e. The fourth-order valence-corrected chi connectivity index (χ4v) is 2.71. The number of aliphatic hydroxyl groups is 5. The van der Waals surface area contributed by atoms with E-state index in [0.717, 1.165) is 10.9 Å². The van der Waals surface area contributed by atoms with Gasteiger partial charge in [-0.15, -0.1) is 0 Å². The monoisotopic (exact) mass is 342 g/mol.